The highest BCUT2D eigenvalue weighted by Crippen LogP contribution is 2.30. The van der Waals surface area contributed by atoms with Crippen molar-refractivity contribution in [1.29, 1.82) is 0 Å². The van der Waals surface area contributed by atoms with E-state index < -0.39 is 86.8 Å². The zero-order chi connectivity index (χ0) is 67.3. The van der Waals surface area contributed by atoms with Gasteiger partial charge in [0, 0.05) is 6.42 Å². The number of ether oxygens (including phenoxy) is 4. The Balaban J connectivity index is 1.66. The molecular weight excluding hydrogens is 1170 g/mol. The lowest BCUT2D eigenvalue weighted by atomic mass is 9.97. The van der Waals surface area contributed by atoms with Gasteiger partial charge in [-0.05, 0) is 77.0 Å². The first-order chi connectivity index (χ1) is 45.6. The summed E-state index contributed by atoms with van der Waals surface area (Å²) in [6.45, 7) is 2.71. The number of aliphatic hydroxyl groups excluding tert-OH is 8. The molecule has 12 atom stereocenters. The summed E-state index contributed by atoms with van der Waals surface area (Å²) in [5, 5.41) is 87.6. The Kier molecular flexibility index (Phi) is 57.7. The fourth-order valence-corrected chi connectivity index (χ4v) is 12.0. The summed E-state index contributed by atoms with van der Waals surface area (Å²) in [7, 11) is 0. The molecule has 14 nitrogen and oxygen atoms in total. The number of aliphatic hydroxyl groups is 8. The number of amides is 1. The molecule has 12 unspecified atom stereocenters. The van der Waals surface area contributed by atoms with Gasteiger partial charge >= 0.3 is 0 Å². The van der Waals surface area contributed by atoms with E-state index in [0.29, 0.717) is 6.42 Å². The number of allylic oxidation sites excluding steroid dienone is 15. The standard InChI is InChI=1S/C79H139NO13/c1-3-5-7-9-11-13-15-17-19-21-23-25-27-29-31-33-34-35-37-39-41-43-45-47-49-51-53-55-57-59-61-63-71(84)80-67(66-90-78-76(89)74(87)77(70(65-82)92-78)93-79-75(88)73(86)72(85)69(64-81)91-79)68(83)62-60-58-56-54-52-50-48-46-44-42-40-38-36-32-30-28-26-24-22-20-18-16-14-12-10-8-6-4-2/h5,7,11,13,17,19,23,25,29,31,34-35,39,41,60,62,67-70,72-79,81-83,85-89H,3-4,6,8-10,12,14-16,18,20-22,24,26-28,30,32-33,36-38,40,42-59,61,63-66H2,1-2H3,(H,80,84)/b7-5-,13-11-,19-17-,25-23-,31-29-,35-34-,41-39-,62-60+. The Hall–Kier alpha value is -3.09. The first-order valence-corrected chi connectivity index (χ1v) is 38.0. The molecule has 0 aromatic heterocycles. The molecular formula is C79H139NO13. The van der Waals surface area contributed by atoms with Crippen molar-refractivity contribution in [2.75, 3.05) is 19.8 Å². The van der Waals surface area contributed by atoms with Crippen molar-refractivity contribution < 1.29 is 64.6 Å². The molecule has 0 bridgehead atoms. The van der Waals surface area contributed by atoms with Gasteiger partial charge in [0.25, 0.3) is 0 Å². The van der Waals surface area contributed by atoms with Crippen LogP contribution in [0.25, 0.3) is 0 Å². The van der Waals surface area contributed by atoms with E-state index in [1.54, 1.807) is 6.08 Å². The number of hydrogen-bond acceptors (Lipinski definition) is 13. The third kappa shape index (κ3) is 45.9. The Labute approximate surface area is 566 Å². The summed E-state index contributed by atoms with van der Waals surface area (Å²) in [5.41, 5.74) is 0. The number of rotatable bonds is 62. The van der Waals surface area contributed by atoms with Gasteiger partial charge in [-0.2, -0.15) is 0 Å². The minimum absolute atomic E-state index is 0.246. The van der Waals surface area contributed by atoms with E-state index in [9.17, 15) is 45.6 Å². The molecule has 0 spiro atoms. The van der Waals surface area contributed by atoms with Crippen LogP contribution in [0.5, 0.6) is 0 Å². The van der Waals surface area contributed by atoms with Gasteiger partial charge < -0.3 is 65.1 Å². The predicted molar refractivity (Wildman–Crippen MR) is 383 cm³/mol. The van der Waals surface area contributed by atoms with E-state index in [1.165, 1.54) is 186 Å². The van der Waals surface area contributed by atoms with Crippen LogP contribution in [0.15, 0.2) is 97.2 Å². The molecule has 93 heavy (non-hydrogen) atoms. The van der Waals surface area contributed by atoms with Gasteiger partial charge in [-0.25, -0.2) is 0 Å². The lowest BCUT2D eigenvalue weighted by molar-refractivity contribution is -0.359. The predicted octanol–water partition coefficient (Wildman–Crippen LogP) is 16.5. The van der Waals surface area contributed by atoms with E-state index in [2.05, 4.69) is 104 Å². The zero-order valence-corrected chi connectivity index (χ0v) is 58.7. The minimum atomic E-state index is -1.79. The largest absolute Gasteiger partial charge is 0.394 e. The highest BCUT2D eigenvalue weighted by atomic mass is 16.7. The summed E-state index contributed by atoms with van der Waals surface area (Å²) < 4.78 is 22.9. The van der Waals surface area contributed by atoms with Gasteiger partial charge in [0.2, 0.25) is 5.91 Å². The van der Waals surface area contributed by atoms with Crippen molar-refractivity contribution in [1.82, 2.24) is 5.32 Å². The molecule has 2 fully saturated rings. The fraction of sp³-hybridized carbons (Fsp3) is 0.785. The maximum atomic E-state index is 13.4. The topological polar surface area (TPSA) is 228 Å². The molecule has 2 rings (SSSR count). The van der Waals surface area contributed by atoms with E-state index in [1.807, 2.05) is 6.08 Å². The van der Waals surface area contributed by atoms with Crippen LogP contribution in [-0.2, 0) is 23.7 Å². The van der Waals surface area contributed by atoms with Crippen molar-refractivity contribution in [2.24, 2.45) is 0 Å². The number of hydrogen-bond donors (Lipinski definition) is 9. The minimum Gasteiger partial charge on any atom is -0.394 e. The van der Waals surface area contributed by atoms with Crippen LogP contribution >= 0.6 is 0 Å². The summed E-state index contributed by atoms with van der Waals surface area (Å²) in [5.74, 6) is -0.246. The van der Waals surface area contributed by atoms with Crippen LogP contribution in [0.1, 0.15) is 303 Å². The van der Waals surface area contributed by atoms with Crippen LogP contribution in [0.3, 0.4) is 0 Å². The van der Waals surface area contributed by atoms with Gasteiger partial charge in [-0.3, -0.25) is 4.79 Å². The van der Waals surface area contributed by atoms with Crippen molar-refractivity contribution in [3.05, 3.63) is 97.2 Å². The molecule has 9 N–H and O–H groups in total. The highest BCUT2D eigenvalue weighted by Gasteiger charge is 2.51. The molecule has 2 saturated heterocycles. The Morgan fingerprint density at radius 2 is 0.742 bits per heavy atom. The van der Waals surface area contributed by atoms with Crippen molar-refractivity contribution in [3.8, 4) is 0 Å². The summed E-state index contributed by atoms with van der Waals surface area (Å²) in [6, 6.07) is -0.927. The summed E-state index contributed by atoms with van der Waals surface area (Å²) in [4.78, 5) is 13.4. The van der Waals surface area contributed by atoms with Crippen LogP contribution < -0.4 is 5.32 Å². The van der Waals surface area contributed by atoms with Gasteiger partial charge in [-0.15, -0.1) is 0 Å². The highest BCUT2D eigenvalue weighted by molar-refractivity contribution is 5.76. The van der Waals surface area contributed by atoms with E-state index >= 15 is 0 Å². The maximum absolute atomic E-state index is 13.4. The van der Waals surface area contributed by atoms with Gasteiger partial charge in [0.05, 0.1) is 32.0 Å². The number of carbonyl (C=O) groups excluding carboxylic acids is 1. The Bertz CT molecular complexity index is 1930. The smallest absolute Gasteiger partial charge is 0.220 e. The Morgan fingerprint density at radius 3 is 1.14 bits per heavy atom. The second-order valence-corrected chi connectivity index (χ2v) is 26.4. The molecule has 0 saturated carbocycles. The van der Waals surface area contributed by atoms with E-state index in [-0.39, 0.29) is 18.9 Å². The maximum Gasteiger partial charge on any atom is 0.220 e. The molecule has 2 aliphatic heterocycles. The third-order valence-corrected chi connectivity index (χ3v) is 18.0. The van der Waals surface area contributed by atoms with Crippen LogP contribution in [-0.4, -0.2) is 140 Å². The van der Waals surface area contributed by atoms with Crippen LogP contribution in [0, 0.1) is 0 Å². The third-order valence-electron chi connectivity index (χ3n) is 18.0. The van der Waals surface area contributed by atoms with Crippen molar-refractivity contribution >= 4 is 5.91 Å². The average molecular weight is 1310 g/mol. The van der Waals surface area contributed by atoms with Gasteiger partial charge in [0.1, 0.15) is 48.8 Å². The molecule has 2 heterocycles. The van der Waals surface area contributed by atoms with E-state index in [0.717, 1.165) is 89.9 Å². The first-order valence-electron chi connectivity index (χ1n) is 38.0. The van der Waals surface area contributed by atoms with Gasteiger partial charge in [0.15, 0.2) is 12.6 Å². The molecule has 0 aromatic rings. The molecule has 0 aromatic carbocycles. The number of unbranched alkanes of at least 4 members (excludes halogenated alkanes) is 35. The molecule has 1 amide bonds. The monoisotopic (exact) mass is 1310 g/mol. The van der Waals surface area contributed by atoms with Crippen molar-refractivity contribution in [3.63, 3.8) is 0 Å². The van der Waals surface area contributed by atoms with Crippen LogP contribution in [0.4, 0.5) is 0 Å². The molecule has 538 valence electrons. The molecule has 14 heteroatoms. The lowest BCUT2D eigenvalue weighted by Gasteiger charge is -2.46. The summed E-state index contributed by atoms with van der Waals surface area (Å²) in [6.07, 6.45) is 71.8. The molecule has 0 aliphatic carbocycles. The van der Waals surface area contributed by atoms with Crippen molar-refractivity contribution in [2.45, 2.75) is 376 Å². The van der Waals surface area contributed by atoms with Gasteiger partial charge in [-0.1, -0.05) is 317 Å². The second kappa shape index (κ2) is 62.4. The Morgan fingerprint density at radius 1 is 0.398 bits per heavy atom. The first kappa shape index (κ1) is 86.0. The summed E-state index contributed by atoms with van der Waals surface area (Å²) >= 11 is 0. The lowest BCUT2D eigenvalue weighted by Crippen LogP contribution is -2.65. The van der Waals surface area contributed by atoms with Crippen LogP contribution in [0.2, 0.25) is 0 Å². The second-order valence-electron chi connectivity index (χ2n) is 26.4. The number of nitrogens with one attached hydrogen (secondary N) is 1. The number of carbonyl (C=O) groups is 1. The van der Waals surface area contributed by atoms with E-state index in [4.69, 9.17) is 18.9 Å². The SMILES string of the molecule is CC/C=C\C/C=C\C/C=C\C/C=C\C/C=C\C/C=C\C/C=C\CCCCCCCCCCCC(=O)NC(COC1OC(CO)C(OC2OC(CO)C(O)C(O)C2O)C(O)C1O)C(O)/C=C/CCCCCCCCCCCCCCCCCCCCCCCCCCCC. The quantitative estimate of drug-likeness (QED) is 0.0204. The molecule has 0 radical (unpaired) electrons. The normalized spacial score (nSPS) is 23.1. The fourth-order valence-electron chi connectivity index (χ4n) is 12.0. The average Bonchev–Trinajstić information content (AvgIpc) is 0.851. The molecule has 2 aliphatic rings. The zero-order valence-electron chi connectivity index (χ0n) is 58.7.